The van der Waals surface area contributed by atoms with E-state index in [1.165, 1.54) is 12.7 Å². The standard InChI is InChI=1S/C18H29NO2/c1-6-11-19-18(4,13-17(20)21-5)16-9-7-15(8-10-16)12-14(2)3/h7-10,14,19H,6,11-13H2,1-5H3. The number of rotatable bonds is 8. The largest absolute Gasteiger partial charge is 0.469 e. The Kier molecular flexibility index (Phi) is 6.90. The highest BCUT2D eigenvalue weighted by molar-refractivity contribution is 5.71. The number of benzene rings is 1. The molecule has 1 aromatic rings. The van der Waals surface area contributed by atoms with E-state index in [0.29, 0.717) is 12.3 Å². The zero-order valence-corrected chi connectivity index (χ0v) is 14.0. The second kappa shape index (κ2) is 8.18. The van der Waals surface area contributed by atoms with E-state index in [1.54, 1.807) is 0 Å². The van der Waals surface area contributed by atoms with E-state index in [2.05, 4.69) is 57.3 Å². The van der Waals surface area contributed by atoms with Crippen LogP contribution in [0.1, 0.15) is 51.7 Å². The zero-order valence-electron chi connectivity index (χ0n) is 14.0. The molecule has 1 rings (SSSR count). The Morgan fingerprint density at radius 2 is 1.90 bits per heavy atom. The summed E-state index contributed by atoms with van der Waals surface area (Å²) >= 11 is 0. The van der Waals surface area contributed by atoms with Crippen molar-refractivity contribution in [1.82, 2.24) is 5.32 Å². The Bertz CT molecular complexity index is 439. The summed E-state index contributed by atoms with van der Waals surface area (Å²) in [6.45, 7) is 9.51. The fraction of sp³-hybridized carbons (Fsp3) is 0.611. The number of carbonyl (C=O) groups excluding carboxylic acids is 1. The van der Waals surface area contributed by atoms with E-state index in [1.807, 2.05) is 0 Å². The molecule has 0 aliphatic rings. The maximum atomic E-state index is 11.7. The minimum Gasteiger partial charge on any atom is -0.469 e. The lowest BCUT2D eigenvalue weighted by Gasteiger charge is -2.31. The molecule has 0 radical (unpaired) electrons. The van der Waals surface area contributed by atoms with Gasteiger partial charge in [0, 0.05) is 0 Å². The fourth-order valence-corrected chi connectivity index (χ4v) is 2.51. The predicted octanol–water partition coefficient (Wildman–Crippen LogP) is 3.66. The van der Waals surface area contributed by atoms with Crippen molar-refractivity contribution in [1.29, 1.82) is 0 Å². The van der Waals surface area contributed by atoms with Crippen LogP contribution in [0.25, 0.3) is 0 Å². The molecular formula is C18H29NO2. The van der Waals surface area contributed by atoms with Crippen molar-refractivity contribution in [3.8, 4) is 0 Å². The molecule has 0 saturated carbocycles. The van der Waals surface area contributed by atoms with E-state index in [9.17, 15) is 4.79 Å². The molecule has 0 saturated heterocycles. The maximum absolute atomic E-state index is 11.7. The van der Waals surface area contributed by atoms with Gasteiger partial charge in [0.25, 0.3) is 0 Å². The normalized spacial score (nSPS) is 14.0. The van der Waals surface area contributed by atoms with Crippen LogP contribution in [0.15, 0.2) is 24.3 Å². The number of ether oxygens (including phenoxy) is 1. The summed E-state index contributed by atoms with van der Waals surface area (Å²) in [5.41, 5.74) is 2.10. The van der Waals surface area contributed by atoms with Gasteiger partial charge in [0.15, 0.2) is 0 Å². The summed E-state index contributed by atoms with van der Waals surface area (Å²) in [5, 5.41) is 3.49. The number of hydrogen-bond donors (Lipinski definition) is 1. The number of hydrogen-bond acceptors (Lipinski definition) is 3. The van der Waals surface area contributed by atoms with Crippen molar-refractivity contribution < 1.29 is 9.53 Å². The van der Waals surface area contributed by atoms with Crippen LogP contribution < -0.4 is 5.32 Å². The van der Waals surface area contributed by atoms with Gasteiger partial charge in [-0.1, -0.05) is 45.0 Å². The molecular weight excluding hydrogens is 262 g/mol. The Balaban J connectivity index is 2.93. The lowest BCUT2D eigenvalue weighted by atomic mass is 9.87. The smallest absolute Gasteiger partial charge is 0.307 e. The summed E-state index contributed by atoms with van der Waals surface area (Å²) in [6, 6.07) is 8.59. The summed E-state index contributed by atoms with van der Waals surface area (Å²) in [6.07, 6.45) is 2.45. The van der Waals surface area contributed by atoms with Gasteiger partial charge in [0.1, 0.15) is 0 Å². The van der Waals surface area contributed by atoms with E-state index in [-0.39, 0.29) is 11.5 Å². The Morgan fingerprint density at radius 3 is 2.38 bits per heavy atom. The molecule has 1 unspecified atom stereocenters. The number of esters is 1. The summed E-state index contributed by atoms with van der Waals surface area (Å²) in [7, 11) is 1.44. The molecule has 1 atom stereocenters. The first-order valence-corrected chi connectivity index (χ1v) is 7.82. The van der Waals surface area contributed by atoms with Crippen LogP contribution in [-0.4, -0.2) is 19.6 Å². The molecule has 3 nitrogen and oxygen atoms in total. The molecule has 1 aromatic carbocycles. The third-order valence-electron chi connectivity index (χ3n) is 3.73. The molecule has 1 N–H and O–H groups in total. The molecule has 118 valence electrons. The van der Waals surface area contributed by atoms with Gasteiger partial charge in [-0.15, -0.1) is 0 Å². The molecule has 0 aliphatic carbocycles. The van der Waals surface area contributed by atoms with Crippen molar-refractivity contribution in [3.63, 3.8) is 0 Å². The lowest BCUT2D eigenvalue weighted by Crippen LogP contribution is -2.42. The van der Waals surface area contributed by atoms with Crippen LogP contribution >= 0.6 is 0 Å². The van der Waals surface area contributed by atoms with E-state index in [0.717, 1.165) is 24.9 Å². The SMILES string of the molecule is CCCNC(C)(CC(=O)OC)c1ccc(CC(C)C)cc1. The van der Waals surface area contributed by atoms with Crippen molar-refractivity contribution >= 4 is 5.97 Å². The molecule has 0 bridgehead atoms. The van der Waals surface area contributed by atoms with Crippen molar-refractivity contribution in [3.05, 3.63) is 35.4 Å². The third kappa shape index (κ3) is 5.50. The first-order valence-electron chi connectivity index (χ1n) is 7.82. The number of carbonyl (C=O) groups is 1. The Labute approximate surface area is 129 Å². The van der Waals surface area contributed by atoms with Gasteiger partial charge in [0.05, 0.1) is 19.1 Å². The first kappa shape index (κ1) is 17.7. The van der Waals surface area contributed by atoms with Gasteiger partial charge in [-0.25, -0.2) is 0 Å². The van der Waals surface area contributed by atoms with E-state index < -0.39 is 0 Å². The minimum absolute atomic E-state index is 0.188. The average Bonchev–Trinajstić information content (AvgIpc) is 2.45. The Hall–Kier alpha value is -1.35. The quantitative estimate of drug-likeness (QED) is 0.743. The van der Waals surface area contributed by atoms with Gasteiger partial charge in [-0.3, -0.25) is 4.79 Å². The molecule has 0 aliphatic heterocycles. The van der Waals surface area contributed by atoms with Crippen LogP contribution in [0.3, 0.4) is 0 Å². The topological polar surface area (TPSA) is 38.3 Å². The highest BCUT2D eigenvalue weighted by atomic mass is 16.5. The molecule has 0 aromatic heterocycles. The minimum atomic E-state index is -0.376. The van der Waals surface area contributed by atoms with Gasteiger partial charge in [-0.05, 0) is 43.4 Å². The third-order valence-corrected chi connectivity index (χ3v) is 3.73. The summed E-state index contributed by atoms with van der Waals surface area (Å²) in [5.74, 6) is 0.461. The monoisotopic (exact) mass is 291 g/mol. The summed E-state index contributed by atoms with van der Waals surface area (Å²) in [4.78, 5) is 11.7. The van der Waals surface area contributed by atoms with Gasteiger partial charge < -0.3 is 10.1 Å². The Morgan fingerprint density at radius 1 is 1.29 bits per heavy atom. The van der Waals surface area contributed by atoms with Gasteiger partial charge >= 0.3 is 5.97 Å². The number of methoxy groups -OCH3 is 1. The van der Waals surface area contributed by atoms with Crippen LogP contribution in [0, 0.1) is 5.92 Å². The van der Waals surface area contributed by atoms with Crippen molar-refractivity contribution in [2.24, 2.45) is 5.92 Å². The summed E-state index contributed by atoms with van der Waals surface area (Å²) < 4.78 is 4.84. The maximum Gasteiger partial charge on any atom is 0.307 e. The highest BCUT2D eigenvalue weighted by Crippen LogP contribution is 2.26. The molecule has 3 heteroatoms. The highest BCUT2D eigenvalue weighted by Gasteiger charge is 2.29. The molecule has 0 spiro atoms. The lowest BCUT2D eigenvalue weighted by molar-refractivity contribution is -0.142. The van der Waals surface area contributed by atoms with E-state index >= 15 is 0 Å². The zero-order chi connectivity index (χ0) is 15.9. The number of nitrogens with one attached hydrogen (secondary N) is 1. The van der Waals surface area contributed by atoms with Gasteiger partial charge in [0.2, 0.25) is 0 Å². The predicted molar refractivity (Wildman–Crippen MR) is 87.3 cm³/mol. The first-order chi connectivity index (χ1) is 9.91. The van der Waals surface area contributed by atoms with Crippen LogP contribution in [-0.2, 0) is 21.5 Å². The van der Waals surface area contributed by atoms with Crippen LogP contribution in [0.2, 0.25) is 0 Å². The fourth-order valence-electron chi connectivity index (χ4n) is 2.51. The molecule has 0 fully saturated rings. The average molecular weight is 291 g/mol. The van der Waals surface area contributed by atoms with Crippen molar-refractivity contribution in [2.45, 2.75) is 52.5 Å². The molecule has 21 heavy (non-hydrogen) atoms. The molecule has 0 heterocycles. The molecule has 0 amide bonds. The second-order valence-corrected chi connectivity index (χ2v) is 6.31. The second-order valence-electron chi connectivity index (χ2n) is 6.31. The van der Waals surface area contributed by atoms with Crippen LogP contribution in [0.4, 0.5) is 0 Å². The van der Waals surface area contributed by atoms with Crippen molar-refractivity contribution in [2.75, 3.05) is 13.7 Å². The van der Waals surface area contributed by atoms with Crippen LogP contribution in [0.5, 0.6) is 0 Å². The van der Waals surface area contributed by atoms with Gasteiger partial charge in [-0.2, -0.15) is 0 Å². The van der Waals surface area contributed by atoms with E-state index in [4.69, 9.17) is 4.74 Å².